The largest absolute Gasteiger partial charge is 0.454 e. The van der Waals surface area contributed by atoms with E-state index >= 15 is 0 Å². The van der Waals surface area contributed by atoms with E-state index in [9.17, 15) is 4.79 Å². The highest BCUT2D eigenvalue weighted by atomic mass is 16.7. The summed E-state index contributed by atoms with van der Waals surface area (Å²) in [5.74, 6) is 1.21. The maximum Gasteiger partial charge on any atom is 0.244 e. The summed E-state index contributed by atoms with van der Waals surface area (Å²) in [5, 5.41) is 7.73. The van der Waals surface area contributed by atoms with Crippen molar-refractivity contribution in [3.8, 4) is 28.4 Å². The molecular formula is C26H22N4O3. The van der Waals surface area contributed by atoms with Crippen LogP contribution in [0.5, 0.6) is 11.5 Å². The maximum atomic E-state index is 12.7. The van der Waals surface area contributed by atoms with Gasteiger partial charge in [0, 0.05) is 35.8 Å². The summed E-state index contributed by atoms with van der Waals surface area (Å²) in [4.78, 5) is 16.9. The molecule has 0 fully saturated rings. The number of carbonyl (C=O) groups is 1. The molecule has 0 aliphatic carbocycles. The van der Waals surface area contributed by atoms with Crippen LogP contribution in [-0.4, -0.2) is 27.5 Å². The van der Waals surface area contributed by atoms with Crippen molar-refractivity contribution in [3.63, 3.8) is 0 Å². The van der Waals surface area contributed by atoms with Crippen LogP contribution in [0.2, 0.25) is 0 Å². The van der Waals surface area contributed by atoms with Gasteiger partial charge in [-0.05, 0) is 55.0 Å². The molecule has 164 valence electrons. The van der Waals surface area contributed by atoms with E-state index in [4.69, 9.17) is 14.6 Å². The monoisotopic (exact) mass is 438 g/mol. The van der Waals surface area contributed by atoms with Crippen molar-refractivity contribution in [2.75, 3.05) is 6.79 Å². The number of carbonyl (C=O) groups excluding carboxylic acids is 1. The van der Waals surface area contributed by atoms with Crippen LogP contribution in [0.4, 0.5) is 0 Å². The van der Waals surface area contributed by atoms with Crippen molar-refractivity contribution in [2.45, 2.75) is 13.0 Å². The van der Waals surface area contributed by atoms with Gasteiger partial charge in [0.05, 0.1) is 11.7 Å². The molecule has 1 amide bonds. The van der Waals surface area contributed by atoms with Gasteiger partial charge in [-0.25, -0.2) is 4.68 Å². The Morgan fingerprint density at radius 3 is 2.76 bits per heavy atom. The van der Waals surface area contributed by atoms with Crippen molar-refractivity contribution in [2.24, 2.45) is 0 Å². The Morgan fingerprint density at radius 2 is 1.94 bits per heavy atom. The van der Waals surface area contributed by atoms with Crippen molar-refractivity contribution >= 4 is 12.0 Å². The van der Waals surface area contributed by atoms with E-state index < -0.39 is 0 Å². The molecule has 0 spiro atoms. The Hall–Kier alpha value is -4.39. The minimum absolute atomic E-state index is 0.193. The number of rotatable bonds is 6. The normalized spacial score (nSPS) is 13.2. The number of nitrogens with zero attached hydrogens (tertiary/aromatic N) is 3. The molecule has 1 atom stereocenters. The van der Waals surface area contributed by atoms with Crippen molar-refractivity contribution in [3.05, 3.63) is 96.5 Å². The molecule has 0 radical (unpaired) electrons. The lowest BCUT2D eigenvalue weighted by Gasteiger charge is -2.13. The van der Waals surface area contributed by atoms with E-state index in [1.54, 1.807) is 23.2 Å². The SMILES string of the molecule is CC(NC(=O)/C=C/c1cn(-c2ccccc2)nc1-c1cccnc1)c1ccc2c(c1)OCO2. The van der Waals surface area contributed by atoms with Gasteiger partial charge in [-0.1, -0.05) is 24.3 Å². The number of benzene rings is 2. The lowest BCUT2D eigenvalue weighted by atomic mass is 10.1. The molecule has 3 heterocycles. The second-order valence-corrected chi connectivity index (χ2v) is 7.63. The van der Waals surface area contributed by atoms with Crippen LogP contribution in [-0.2, 0) is 4.79 Å². The average Bonchev–Trinajstić information content (AvgIpc) is 3.50. The fourth-order valence-corrected chi connectivity index (χ4v) is 3.64. The van der Waals surface area contributed by atoms with Crippen molar-refractivity contribution < 1.29 is 14.3 Å². The number of amides is 1. The van der Waals surface area contributed by atoms with Crippen molar-refractivity contribution in [1.82, 2.24) is 20.1 Å². The predicted octanol–water partition coefficient (Wildman–Crippen LogP) is 4.55. The molecule has 7 nitrogen and oxygen atoms in total. The predicted molar refractivity (Wildman–Crippen MR) is 125 cm³/mol. The third kappa shape index (κ3) is 4.48. The molecule has 0 bridgehead atoms. The van der Waals surface area contributed by atoms with Gasteiger partial charge < -0.3 is 14.8 Å². The van der Waals surface area contributed by atoms with E-state index in [2.05, 4.69) is 10.3 Å². The van der Waals surface area contributed by atoms with Crippen LogP contribution in [0.1, 0.15) is 24.1 Å². The molecule has 7 heteroatoms. The Labute approximate surface area is 191 Å². The lowest BCUT2D eigenvalue weighted by Crippen LogP contribution is -2.24. The van der Waals surface area contributed by atoms with E-state index in [1.165, 1.54) is 6.08 Å². The average molecular weight is 438 g/mol. The molecule has 5 rings (SSSR count). The fraction of sp³-hybridized carbons (Fsp3) is 0.115. The number of nitrogens with one attached hydrogen (secondary N) is 1. The minimum Gasteiger partial charge on any atom is -0.454 e. The van der Waals surface area contributed by atoms with Crippen LogP contribution >= 0.6 is 0 Å². The van der Waals surface area contributed by atoms with E-state index in [0.29, 0.717) is 5.75 Å². The van der Waals surface area contributed by atoms with Gasteiger partial charge in [0.15, 0.2) is 11.5 Å². The molecule has 0 saturated carbocycles. The first-order chi connectivity index (χ1) is 16.2. The summed E-state index contributed by atoms with van der Waals surface area (Å²) >= 11 is 0. The Balaban J connectivity index is 1.37. The summed E-state index contributed by atoms with van der Waals surface area (Å²) in [6, 6.07) is 19.1. The Morgan fingerprint density at radius 1 is 1.09 bits per heavy atom. The van der Waals surface area contributed by atoms with Gasteiger partial charge in [-0.2, -0.15) is 5.10 Å². The standard InChI is InChI=1S/C26H22N4O3/c1-18(19-9-11-23-24(14-19)33-17-32-23)28-25(31)12-10-21-16-30(22-7-3-2-4-8-22)29-26(21)20-6-5-13-27-15-20/h2-16,18H,17H2,1H3,(H,28,31)/b12-10+. The highest BCUT2D eigenvalue weighted by Crippen LogP contribution is 2.34. The molecule has 1 unspecified atom stereocenters. The van der Waals surface area contributed by atoms with E-state index in [1.807, 2.05) is 73.8 Å². The molecule has 1 N–H and O–H groups in total. The zero-order valence-electron chi connectivity index (χ0n) is 18.0. The number of hydrogen-bond acceptors (Lipinski definition) is 5. The smallest absolute Gasteiger partial charge is 0.244 e. The highest BCUT2D eigenvalue weighted by molar-refractivity contribution is 5.93. The van der Waals surface area contributed by atoms with Crippen LogP contribution in [0.15, 0.2) is 85.3 Å². The maximum absolute atomic E-state index is 12.7. The van der Waals surface area contributed by atoms with Gasteiger partial charge in [0.25, 0.3) is 0 Å². The molecule has 0 saturated heterocycles. The number of para-hydroxylation sites is 1. The first kappa shape index (κ1) is 20.5. The van der Waals surface area contributed by atoms with Gasteiger partial charge in [-0.3, -0.25) is 9.78 Å². The molecule has 33 heavy (non-hydrogen) atoms. The number of ether oxygens (including phenoxy) is 2. The Kier molecular flexibility index (Phi) is 5.59. The van der Waals surface area contributed by atoms with Gasteiger partial charge in [-0.15, -0.1) is 0 Å². The first-order valence-corrected chi connectivity index (χ1v) is 10.6. The van der Waals surface area contributed by atoms with Crippen LogP contribution < -0.4 is 14.8 Å². The summed E-state index contributed by atoms with van der Waals surface area (Å²) in [6.45, 7) is 2.15. The molecule has 2 aromatic heterocycles. The summed E-state index contributed by atoms with van der Waals surface area (Å²) < 4.78 is 12.6. The zero-order chi connectivity index (χ0) is 22.6. The van der Waals surface area contributed by atoms with Crippen LogP contribution in [0, 0.1) is 0 Å². The molecule has 1 aliphatic heterocycles. The third-order valence-electron chi connectivity index (χ3n) is 5.37. The highest BCUT2D eigenvalue weighted by Gasteiger charge is 2.17. The van der Waals surface area contributed by atoms with Crippen molar-refractivity contribution in [1.29, 1.82) is 0 Å². The summed E-state index contributed by atoms with van der Waals surface area (Å²) in [7, 11) is 0. The van der Waals surface area contributed by atoms with E-state index in [-0.39, 0.29) is 18.7 Å². The minimum atomic E-state index is -0.204. The zero-order valence-corrected chi connectivity index (χ0v) is 18.0. The quantitative estimate of drug-likeness (QED) is 0.447. The van der Waals surface area contributed by atoms with E-state index in [0.717, 1.165) is 33.8 Å². The molecule has 2 aromatic carbocycles. The number of hydrogen-bond donors (Lipinski definition) is 1. The number of fused-ring (bicyclic) bond motifs is 1. The second-order valence-electron chi connectivity index (χ2n) is 7.63. The molecular weight excluding hydrogens is 416 g/mol. The third-order valence-corrected chi connectivity index (χ3v) is 5.37. The van der Waals surface area contributed by atoms with Gasteiger partial charge in [0.1, 0.15) is 5.69 Å². The summed E-state index contributed by atoms with van der Waals surface area (Å²) in [6.07, 6.45) is 8.68. The number of aromatic nitrogens is 3. The fourth-order valence-electron chi connectivity index (χ4n) is 3.64. The second kappa shape index (κ2) is 9.00. The Bertz CT molecular complexity index is 1300. The first-order valence-electron chi connectivity index (χ1n) is 10.6. The molecule has 1 aliphatic rings. The number of pyridine rings is 1. The van der Waals surface area contributed by atoms with Gasteiger partial charge in [0.2, 0.25) is 12.7 Å². The topological polar surface area (TPSA) is 78.3 Å². The lowest BCUT2D eigenvalue weighted by molar-refractivity contribution is -0.117. The molecule has 4 aromatic rings. The summed E-state index contributed by atoms with van der Waals surface area (Å²) in [5.41, 5.74) is 4.32. The van der Waals surface area contributed by atoms with Gasteiger partial charge >= 0.3 is 0 Å². The van der Waals surface area contributed by atoms with Crippen LogP contribution in [0.25, 0.3) is 23.0 Å². The van der Waals surface area contributed by atoms with Crippen LogP contribution in [0.3, 0.4) is 0 Å².